The normalized spacial score (nSPS) is 9.95. The van der Waals surface area contributed by atoms with Crippen molar-refractivity contribution in [1.82, 2.24) is 0 Å². The van der Waals surface area contributed by atoms with Crippen molar-refractivity contribution >= 4 is 11.6 Å². The van der Waals surface area contributed by atoms with Crippen molar-refractivity contribution in [3.8, 4) is 6.07 Å². The maximum Gasteiger partial charge on any atom is 0.248 e. The van der Waals surface area contributed by atoms with Gasteiger partial charge in [0.1, 0.15) is 5.82 Å². The van der Waals surface area contributed by atoms with Crippen LogP contribution in [0.2, 0.25) is 0 Å². The van der Waals surface area contributed by atoms with E-state index in [1.165, 1.54) is 12.1 Å². The summed E-state index contributed by atoms with van der Waals surface area (Å²) in [6.45, 7) is 2.15. The number of nitrogens with zero attached hydrogens (tertiary/aromatic N) is 1. The van der Waals surface area contributed by atoms with E-state index in [4.69, 9.17) is 11.0 Å². The number of hydrogen-bond acceptors (Lipinski definition) is 3. The van der Waals surface area contributed by atoms with E-state index >= 15 is 0 Å². The average Bonchev–Trinajstić information content (AvgIpc) is 2.47. The Hall–Kier alpha value is -2.87. The van der Waals surface area contributed by atoms with Crippen LogP contribution in [0.5, 0.6) is 0 Å². The molecule has 2 aromatic rings. The highest BCUT2D eigenvalue weighted by atomic mass is 19.1. The number of benzene rings is 2. The summed E-state index contributed by atoms with van der Waals surface area (Å²) in [7, 11) is 0. The van der Waals surface area contributed by atoms with E-state index in [9.17, 15) is 9.18 Å². The lowest BCUT2D eigenvalue weighted by molar-refractivity contribution is 0.1000. The largest absolute Gasteiger partial charge is 0.381 e. The van der Waals surface area contributed by atoms with E-state index in [0.717, 1.165) is 17.3 Å². The van der Waals surface area contributed by atoms with Gasteiger partial charge in [0.15, 0.2) is 0 Å². The van der Waals surface area contributed by atoms with E-state index in [0.29, 0.717) is 11.1 Å². The van der Waals surface area contributed by atoms with Crippen molar-refractivity contribution < 1.29 is 9.18 Å². The molecule has 0 radical (unpaired) electrons. The first-order valence-corrected chi connectivity index (χ1v) is 6.34. The van der Waals surface area contributed by atoms with Gasteiger partial charge in [-0.05, 0) is 36.8 Å². The van der Waals surface area contributed by atoms with Gasteiger partial charge in [-0.3, -0.25) is 4.79 Å². The smallest absolute Gasteiger partial charge is 0.248 e. The summed E-state index contributed by atoms with van der Waals surface area (Å²) in [4.78, 5) is 11.0. The lowest BCUT2D eigenvalue weighted by atomic mass is 10.1. The van der Waals surface area contributed by atoms with Gasteiger partial charge in [-0.1, -0.05) is 12.1 Å². The van der Waals surface area contributed by atoms with Crippen LogP contribution in [-0.4, -0.2) is 5.91 Å². The fraction of sp³-hybridized carbons (Fsp3) is 0.125. The van der Waals surface area contributed by atoms with Crippen molar-refractivity contribution in [2.24, 2.45) is 5.73 Å². The predicted molar refractivity (Wildman–Crippen MR) is 78.1 cm³/mol. The van der Waals surface area contributed by atoms with Gasteiger partial charge in [0.2, 0.25) is 5.91 Å². The van der Waals surface area contributed by atoms with Gasteiger partial charge in [-0.25, -0.2) is 4.39 Å². The van der Waals surface area contributed by atoms with Crippen molar-refractivity contribution in [3.05, 3.63) is 64.5 Å². The number of carbonyl (C=O) groups excluding carboxylic acids is 1. The molecule has 0 saturated carbocycles. The van der Waals surface area contributed by atoms with Crippen LogP contribution in [0.25, 0.3) is 0 Å². The number of nitriles is 1. The lowest BCUT2D eigenvalue weighted by Crippen LogP contribution is -2.12. The molecule has 4 nitrogen and oxygen atoms in total. The number of nitrogens with two attached hydrogens (primary N) is 1. The molecule has 0 spiro atoms. The first-order valence-electron chi connectivity index (χ1n) is 6.34. The van der Waals surface area contributed by atoms with Crippen LogP contribution in [0.1, 0.15) is 27.0 Å². The van der Waals surface area contributed by atoms with Crippen LogP contribution in [-0.2, 0) is 6.54 Å². The highest BCUT2D eigenvalue weighted by molar-refractivity contribution is 5.92. The third-order valence-electron chi connectivity index (χ3n) is 3.17. The zero-order valence-corrected chi connectivity index (χ0v) is 11.5. The molecule has 2 rings (SSSR count). The quantitative estimate of drug-likeness (QED) is 0.905. The fourth-order valence-corrected chi connectivity index (χ4v) is 1.92. The molecule has 5 heteroatoms. The second kappa shape index (κ2) is 6.06. The number of carbonyl (C=O) groups is 1. The minimum Gasteiger partial charge on any atom is -0.381 e. The molecule has 106 valence electrons. The molecule has 3 N–H and O–H groups in total. The summed E-state index contributed by atoms with van der Waals surface area (Å²) in [6.07, 6.45) is 0. The predicted octanol–water partition coefficient (Wildman–Crippen LogP) is 2.72. The summed E-state index contributed by atoms with van der Waals surface area (Å²) in [5.41, 5.74) is 7.92. The monoisotopic (exact) mass is 283 g/mol. The lowest BCUT2D eigenvalue weighted by Gasteiger charge is -2.11. The molecule has 0 aliphatic carbocycles. The van der Waals surface area contributed by atoms with E-state index in [-0.39, 0.29) is 12.1 Å². The highest BCUT2D eigenvalue weighted by Gasteiger charge is 2.07. The number of nitrogens with one attached hydrogen (secondary N) is 1. The maximum atomic E-state index is 13.9. The van der Waals surface area contributed by atoms with Gasteiger partial charge in [-0.15, -0.1) is 0 Å². The molecule has 1 amide bonds. The molecule has 0 aliphatic rings. The summed E-state index contributed by atoms with van der Waals surface area (Å²) in [6, 6.07) is 11.5. The van der Waals surface area contributed by atoms with Crippen LogP contribution >= 0.6 is 0 Å². The second-order valence-corrected chi connectivity index (χ2v) is 4.67. The third-order valence-corrected chi connectivity index (χ3v) is 3.17. The van der Waals surface area contributed by atoms with Crippen molar-refractivity contribution in [2.75, 3.05) is 5.32 Å². The van der Waals surface area contributed by atoms with E-state index in [1.807, 2.05) is 13.0 Å². The zero-order valence-electron chi connectivity index (χ0n) is 11.5. The Bertz CT molecular complexity index is 735. The number of anilines is 1. The third kappa shape index (κ3) is 3.37. The number of primary amides is 1. The molecule has 0 fully saturated rings. The van der Waals surface area contributed by atoms with Crippen LogP contribution in [0.4, 0.5) is 10.1 Å². The summed E-state index contributed by atoms with van der Waals surface area (Å²) >= 11 is 0. The topological polar surface area (TPSA) is 78.9 Å². The Morgan fingerprint density at radius 1 is 1.33 bits per heavy atom. The zero-order chi connectivity index (χ0) is 15.4. The van der Waals surface area contributed by atoms with Gasteiger partial charge >= 0.3 is 0 Å². The molecule has 0 aromatic heterocycles. The fourth-order valence-electron chi connectivity index (χ4n) is 1.92. The van der Waals surface area contributed by atoms with Crippen molar-refractivity contribution in [1.29, 1.82) is 5.26 Å². The summed E-state index contributed by atoms with van der Waals surface area (Å²) in [5, 5.41) is 12.0. The van der Waals surface area contributed by atoms with Gasteiger partial charge in [0, 0.05) is 23.4 Å². The average molecular weight is 283 g/mol. The number of hydrogen-bond donors (Lipinski definition) is 2. The molecule has 0 aliphatic heterocycles. The van der Waals surface area contributed by atoms with E-state index < -0.39 is 11.7 Å². The maximum absolute atomic E-state index is 13.9. The number of halogens is 1. The number of amides is 1. The Morgan fingerprint density at radius 2 is 2.10 bits per heavy atom. The first-order chi connectivity index (χ1) is 10.0. The Morgan fingerprint density at radius 3 is 2.71 bits per heavy atom. The summed E-state index contributed by atoms with van der Waals surface area (Å²) < 4.78 is 13.9. The minimum absolute atomic E-state index is 0.138. The number of rotatable bonds is 4. The molecule has 0 saturated heterocycles. The molecule has 0 atom stereocenters. The van der Waals surface area contributed by atoms with Crippen LogP contribution in [0.15, 0.2) is 36.4 Å². The molecule has 0 heterocycles. The van der Waals surface area contributed by atoms with Crippen LogP contribution in [0.3, 0.4) is 0 Å². The second-order valence-electron chi connectivity index (χ2n) is 4.67. The molecular weight excluding hydrogens is 269 g/mol. The molecule has 21 heavy (non-hydrogen) atoms. The molecule has 0 unspecified atom stereocenters. The van der Waals surface area contributed by atoms with Gasteiger partial charge in [0.05, 0.1) is 11.6 Å². The first kappa shape index (κ1) is 14.5. The van der Waals surface area contributed by atoms with Crippen molar-refractivity contribution in [3.63, 3.8) is 0 Å². The SMILES string of the molecule is Cc1ccc(C#N)cc1NCc1ccc(C(N)=O)cc1F. The molecular formula is C16H14FN3O. The van der Waals surface area contributed by atoms with E-state index in [2.05, 4.69) is 11.4 Å². The van der Waals surface area contributed by atoms with Gasteiger partial charge < -0.3 is 11.1 Å². The minimum atomic E-state index is -0.661. The summed E-state index contributed by atoms with van der Waals surface area (Å²) in [5.74, 6) is -1.15. The Labute approximate surface area is 122 Å². The number of aryl methyl sites for hydroxylation is 1. The van der Waals surface area contributed by atoms with Gasteiger partial charge in [0.25, 0.3) is 0 Å². The Balaban J connectivity index is 2.17. The van der Waals surface area contributed by atoms with Crippen LogP contribution < -0.4 is 11.1 Å². The molecule has 0 bridgehead atoms. The molecule has 2 aromatic carbocycles. The Kier molecular flexibility index (Phi) is 4.19. The van der Waals surface area contributed by atoms with Crippen molar-refractivity contribution in [2.45, 2.75) is 13.5 Å². The van der Waals surface area contributed by atoms with Gasteiger partial charge in [-0.2, -0.15) is 5.26 Å². The van der Waals surface area contributed by atoms with E-state index in [1.54, 1.807) is 12.1 Å². The highest BCUT2D eigenvalue weighted by Crippen LogP contribution is 2.18. The standard InChI is InChI=1S/C16H14FN3O/c1-10-2-3-11(8-18)6-15(10)20-9-13-5-4-12(16(19)21)7-14(13)17/h2-7,20H,9H2,1H3,(H2,19,21). The van der Waals surface area contributed by atoms with Crippen LogP contribution in [0, 0.1) is 24.1 Å².